The predicted molar refractivity (Wildman–Crippen MR) is 87.0 cm³/mol. The summed E-state index contributed by atoms with van der Waals surface area (Å²) in [6.45, 7) is 0. The van der Waals surface area contributed by atoms with Crippen LogP contribution in [0.25, 0.3) is 0 Å². The maximum atomic E-state index is 12.7. The highest BCUT2D eigenvalue weighted by atomic mass is 32.2. The molecular formula is C17H11F3NO4S-. The molecule has 1 atom stereocenters. The van der Waals surface area contributed by atoms with Crippen molar-refractivity contribution in [3.63, 3.8) is 0 Å². The molecule has 5 nitrogen and oxygen atoms in total. The number of amides is 1. The van der Waals surface area contributed by atoms with Gasteiger partial charge in [-0.2, -0.15) is 13.2 Å². The number of hydrogen-bond donors (Lipinski definition) is 1. The first-order valence-electron chi connectivity index (χ1n) is 7.33. The number of carbonyl (C=O) groups is 2. The summed E-state index contributed by atoms with van der Waals surface area (Å²) < 4.78 is 38.1. The lowest BCUT2D eigenvalue weighted by atomic mass is 10.1. The molecule has 1 aliphatic heterocycles. The molecular weight excluding hydrogens is 371 g/mol. The van der Waals surface area contributed by atoms with Crippen molar-refractivity contribution in [1.29, 1.82) is 0 Å². The number of carbonyl (C=O) groups excluding carboxylic acids is 1. The molecule has 0 unspecified atom stereocenters. The van der Waals surface area contributed by atoms with Gasteiger partial charge in [0, 0.05) is 5.69 Å². The number of carboxylic acid groups (broad SMARTS) is 1. The number of thioether (sulfide) groups is 1. The summed E-state index contributed by atoms with van der Waals surface area (Å²) in [7, 11) is 0. The highest BCUT2D eigenvalue weighted by molar-refractivity contribution is 8.00. The van der Waals surface area contributed by atoms with Gasteiger partial charge in [-0.3, -0.25) is 9.69 Å². The van der Waals surface area contributed by atoms with Gasteiger partial charge in [0.1, 0.15) is 5.37 Å². The van der Waals surface area contributed by atoms with Gasteiger partial charge in [-0.15, -0.1) is 11.8 Å². The minimum atomic E-state index is -4.46. The highest BCUT2D eigenvalue weighted by Crippen LogP contribution is 2.43. The Hall–Kier alpha value is -2.68. The number of anilines is 1. The lowest BCUT2D eigenvalue weighted by Gasteiger charge is -2.26. The summed E-state index contributed by atoms with van der Waals surface area (Å²) in [4.78, 5) is 24.5. The van der Waals surface area contributed by atoms with Crippen LogP contribution in [-0.2, 0) is 11.0 Å². The molecule has 1 saturated heterocycles. The summed E-state index contributed by atoms with van der Waals surface area (Å²) >= 11 is 1.21. The molecule has 0 aliphatic carbocycles. The van der Waals surface area contributed by atoms with E-state index in [0.29, 0.717) is 5.56 Å². The predicted octanol–water partition coefficient (Wildman–Crippen LogP) is 3.26. The van der Waals surface area contributed by atoms with E-state index in [1.807, 2.05) is 0 Å². The summed E-state index contributed by atoms with van der Waals surface area (Å²) in [5, 5.41) is 20.2. The second kappa shape index (κ2) is 6.56. The third kappa shape index (κ3) is 3.34. The number of carboxylic acids is 1. The number of rotatable bonds is 3. The van der Waals surface area contributed by atoms with Crippen molar-refractivity contribution >= 4 is 29.3 Å². The molecule has 1 amide bonds. The molecule has 3 rings (SSSR count). The van der Waals surface area contributed by atoms with Gasteiger partial charge in [0.25, 0.3) is 0 Å². The number of benzene rings is 2. The van der Waals surface area contributed by atoms with Gasteiger partial charge in [-0.1, -0.05) is 17.9 Å². The lowest BCUT2D eigenvalue weighted by Crippen LogP contribution is -2.28. The topological polar surface area (TPSA) is 80.7 Å². The molecule has 1 N–H and O–H groups in total. The van der Waals surface area contributed by atoms with Gasteiger partial charge in [0.05, 0.1) is 16.9 Å². The van der Waals surface area contributed by atoms with Crippen LogP contribution in [0.4, 0.5) is 18.9 Å². The first-order valence-corrected chi connectivity index (χ1v) is 8.38. The van der Waals surface area contributed by atoms with Crippen LogP contribution in [0.3, 0.4) is 0 Å². The first kappa shape index (κ1) is 18.1. The fraction of sp³-hybridized carbons (Fsp3) is 0.176. The summed E-state index contributed by atoms with van der Waals surface area (Å²) in [6, 6.07) is 7.94. The molecule has 1 aliphatic rings. The average molecular weight is 382 g/mol. The smallest absolute Gasteiger partial charge is 0.416 e. The maximum Gasteiger partial charge on any atom is 0.416 e. The van der Waals surface area contributed by atoms with E-state index in [1.54, 1.807) is 0 Å². The summed E-state index contributed by atoms with van der Waals surface area (Å²) in [5.41, 5.74) is -0.530. The van der Waals surface area contributed by atoms with Crippen molar-refractivity contribution in [2.24, 2.45) is 0 Å². The Balaban J connectivity index is 1.94. The number of aromatic carboxylic acids is 1. The summed E-state index contributed by atoms with van der Waals surface area (Å²) in [6.07, 6.45) is -4.46. The molecule has 9 heteroatoms. The zero-order valence-electron chi connectivity index (χ0n) is 13.0. The van der Waals surface area contributed by atoms with Crippen molar-refractivity contribution in [3.05, 3.63) is 59.2 Å². The lowest BCUT2D eigenvalue weighted by molar-refractivity contribution is -0.268. The van der Waals surface area contributed by atoms with Gasteiger partial charge in [-0.05, 0) is 35.9 Å². The molecule has 26 heavy (non-hydrogen) atoms. The van der Waals surface area contributed by atoms with Crippen LogP contribution in [0.5, 0.6) is 5.75 Å². The molecule has 0 aromatic heterocycles. The standard InChI is InChI=1S/C17H12F3NO4S/c18-17(19,20)10-3-1-9(2-4-10)15-21(14(23)8-26-15)11-5-6-12(16(24)25)13(22)7-11/h1-7,15,22H,8H2,(H,24,25)/p-1/t15-/m0/s1. The van der Waals surface area contributed by atoms with E-state index in [9.17, 15) is 27.9 Å². The minimum absolute atomic E-state index is 0.0978. The molecule has 0 saturated carbocycles. The Labute approximate surface area is 150 Å². The quantitative estimate of drug-likeness (QED) is 0.881. The Morgan fingerprint density at radius 3 is 2.38 bits per heavy atom. The van der Waals surface area contributed by atoms with E-state index in [0.717, 1.165) is 24.3 Å². The van der Waals surface area contributed by atoms with Gasteiger partial charge < -0.3 is 10.2 Å². The van der Waals surface area contributed by atoms with E-state index < -0.39 is 34.4 Å². The van der Waals surface area contributed by atoms with E-state index in [-0.39, 0.29) is 17.3 Å². The van der Waals surface area contributed by atoms with Crippen LogP contribution in [0.2, 0.25) is 0 Å². The van der Waals surface area contributed by atoms with Crippen LogP contribution in [0, 0.1) is 0 Å². The molecule has 0 radical (unpaired) electrons. The van der Waals surface area contributed by atoms with Gasteiger partial charge in [0.15, 0.2) is 0 Å². The van der Waals surface area contributed by atoms with Gasteiger partial charge in [0.2, 0.25) is 5.91 Å². The van der Waals surface area contributed by atoms with Crippen LogP contribution >= 0.6 is 11.8 Å². The fourth-order valence-electron chi connectivity index (χ4n) is 2.62. The Morgan fingerprint density at radius 2 is 1.85 bits per heavy atom. The molecule has 136 valence electrons. The molecule has 0 bridgehead atoms. The number of alkyl halides is 3. The van der Waals surface area contributed by atoms with Gasteiger partial charge >= 0.3 is 12.1 Å². The SMILES string of the molecule is O=C(O)c1ccc(N2C(=O)CS[C@H]2c2ccc(C(F)(F)F)cc2)cc1[O-]. The Bertz CT molecular complexity index is 867. The molecule has 2 aromatic rings. The van der Waals surface area contributed by atoms with Crippen LogP contribution in [0.1, 0.15) is 26.9 Å². The van der Waals surface area contributed by atoms with Crippen molar-refractivity contribution in [3.8, 4) is 5.75 Å². The molecule has 1 heterocycles. The number of hydrogen-bond acceptors (Lipinski definition) is 4. The van der Waals surface area contributed by atoms with E-state index in [1.165, 1.54) is 34.9 Å². The second-order valence-corrected chi connectivity index (χ2v) is 6.60. The zero-order chi connectivity index (χ0) is 19.1. The minimum Gasteiger partial charge on any atom is -0.872 e. The molecule has 0 spiro atoms. The third-order valence-electron chi connectivity index (χ3n) is 3.86. The Morgan fingerprint density at radius 1 is 1.19 bits per heavy atom. The van der Waals surface area contributed by atoms with E-state index in [2.05, 4.69) is 0 Å². The van der Waals surface area contributed by atoms with Crippen molar-refractivity contribution in [1.82, 2.24) is 0 Å². The van der Waals surface area contributed by atoms with E-state index >= 15 is 0 Å². The van der Waals surface area contributed by atoms with Crippen LogP contribution < -0.4 is 10.0 Å². The first-order chi connectivity index (χ1) is 12.2. The Kier molecular flexibility index (Phi) is 4.57. The summed E-state index contributed by atoms with van der Waals surface area (Å²) in [5.74, 6) is -2.34. The van der Waals surface area contributed by atoms with Crippen LogP contribution in [0.15, 0.2) is 42.5 Å². The van der Waals surface area contributed by atoms with E-state index in [4.69, 9.17) is 5.11 Å². The average Bonchev–Trinajstić information content (AvgIpc) is 2.95. The normalized spacial score (nSPS) is 17.6. The monoisotopic (exact) mass is 382 g/mol. The maximum absolute atomic E-state index is 12.7. The largest absolute Gasteiger partial charge is 0.872 e. The highest BCUT2D eigenvalue weighted by Gasteiger charge is 2.35. The third-order valence-corrected chi connectivity index (χ3v) is 5.08. The molecule has 2 aromatic carbocycles. The van der Waals surface area contributed by atoms with Crippen molar-refractivity contribution in [2.45, 2.75) is 11.6 Å². The van der Waals surface area contributed by atoms with Crippen LogP contribution in [-0.4, -0.2) is 22.7 Å². The van der Waals surface area contributed by atoms with Crippen molar-refractivity contribution in [2.75, 3.05) is 10.7 Å². The van der Waals surface area contributed by atoms with Crippen molar-refractivity contribution < 1.29 is 33.0 Å². The second-order valence-electron chi connectivity index (χ2n) is 5.53. The van der Waals surface area contributed by atoms with Gasteiger partial charge in [-0.25, -0.2) is 4.79 Å². The number of halogens is 3. The zero-order valence-corrected chi connectivity index (χ0v) is 13.8. The number of nitrogens with zero attached hydrogens (tertiary/aromatic N) is 1. The fourth-order valence-corrected chi connectivity index (χ4v) is 3.80. The molecule has 1 fully saturated rings.